The van der Waals surface area contributed by atoms with Gasteiger partial charge in [0, 0.05) is 14.1 Å². The molecule has 1 aromatic heterocycles. The zero-order valence-electron chi connectivity index (χ0n) is 10.1. The summed E-state index contributed by atoms with van der Waals surface area (Å²) in [6.07, 6.45) is 0. The maximum absolute atomic E-state index is 11.6. The number of aromatic nitrogens is 1. The molecule has 17 heavy (non-hydrogen) atoms. The molecule has 0 radical (unpaired) electrons. The van der Waals surface area contributed by atoms with Crippen LogP contribution in [-0.4, -0.2) is 41.8 Å². The van der Waals surface area contributed by atoms with Crippen LogP contribution in [0.25, 0.3) is 0 Å². The Morgan fingerprint density at radius 2 is 2.12 bits per heavy atom. The Kier molecular flexibility index (Phi) is 4.95. The van der Waals surface area contributed by atoms with Gasteiger partial charge in [0.2, 0.25) is 0 Å². The minimum Gasteiger partial charge on any atom is -0.462 e. The lowest BCUT2D eigenvalue weighted by molar-refractivity contribution is 0.0528. The molecule has 0 unspecified atom stereocenters. The lowest BCUT2D eigenvalue weighted by Gasteiger charge is -2.08. The van der Waals surface area contributed by atoms with Gasteiger partial charge in [-0.1, -0.05) is 0 Å². The number of hydrogen-bond donors (Lipinski definition) is 0. The van der Waals surface area contributed by atoms with Crippen molar-refractivity contribution in [2.24, 2.45) is 0 Å². The van der Waals surface area contributed by atoms with Crippen molar-refractivity contribution in [2.45, 2.75) is 18.9 Å². The van der Waals surface area contributed by atoms with E-state index >= 15 is 0 Å². The van der Waals surface area contributed by atoms with E-state index in [4.69, 9.17) is 4.74 Å². The molecule has 0 aromatic carbocycles. The van der Waals surface area contributed by atoms with Crippen molar-refractivity contribution >= 4 is 34.3 Å². The van der Waals surface area contributed by atoms with Gasteiger partial charge in [0.1, 0.15) is 9.90 Å². The Morgan fingerprint density at radius 3 is 2.65 bits per heavy atom. The number of nitrogens with zero attached hydrogens (tertiary/aromatic N) is 2. The molecule has 1 amide bonds. The van der Waals surface area contributed by atoms with Gasteiger partial charge in [0.05, 0.1) is 11.6 Å². The fourth-order valence-electron chi connectivity index (χ4n) is 0.977. The number of hydrogen-bond acceptors (Lipinski definition) is 6. The quantitative estimate of drug-likeness (QED) is 0.625. The topological polar surface area (TPSA) is 59.5 Å². The molecule has 1 heterocycles. The van der Waals surface area contributed by atoms with E-state index in [1.54, 1.807) is 27.9 Å². The largest absolute Gasteiger partial charge is 0.462 e. The maximum atomic E-state index is 11.6. The van der Waals surface area contributed by atoms with Crippen molar-refractivity contribution in [1.29, 1.82) is 0 Å². The third kappa shape index (κ3) is 3.71. The SMILES string of the molecule is CCOC(=O)c1sc(C)nc1SC(=O)N(C)C. The molecule has 0 aliphatic rings. The number of thiazole rings is 1. The Hall–Kier alpha value is -1.08. The molecule has 0 fully saturated rings. The van der Waals surface area contributed by atoms with E-state index in [0.29, 0.717) is 16.5 Å². The van der Waals surface area contributed by atoms with Crippen LogP contribution >= 0.6 is 23.1 Å². The number of thioether (sulfide) groups is 1. The van der Waals surface area contributed by atoms with Crippen molar-refractivity contribution in [3.63, 3.8) is 0 Å². The smallest absolute Gasteiger partial charge is 0.351 e. The summed E-state index contributed by atoms with van der Waals surface area (Å²) in [5.74, 6) is -0.424. The van der Waals surface area contributed by atoms with Gasteiger partial charge in [-0.2, -0.15) is 0 Å². The minimum absolute atomic E-state index is 0.166. The van der Waals surface area contributed by atoms with Gasteiger partial charge in [-0.05, 0) is 25.6 Å². The van der Waals surface area contributed by atoms with Crippen molar-refractivity contribution in [2.75, 3.05) is 20.7 Å². The van der Waals surface area contributed by atoms with Gasteiger partial charge < -0.3 is 9.64 Å². The van der Waals surface area contributed by atoms with Gasteiger partial charge in [0.15, 0.2) is 0 Å². The summed E-state index contributed by atoms with van der Waals surface area (Å²) in [7, 11) is 3.30. The molecule has 0 atom stereocenters. The molecule has 0 aliphatic heterocycles. The first kappa shape index (κ1) is 14.0. The molecule has 1 rings (SSSR count). The molecule has 0 saturated heterocycles. The third-order valence-corrected chi connectivity index (χ3v) is 3.82. The van der Waals surface area contributed by atoms with Crippen LogP contribution in [0, 0.1) is 6.92 Å². The lowest BCUT2D eigenvalue weighted by atomic mass is 10.5. The van der Waals surface area contributed by atoms with Gasteiger partial charge in [0.25, 0.3) is 5.24 Å². The van der Waals surface area contributed by atoms with E-state index in [0.717, 1.165) is 16.8 Å². The van der Waals surface area contributed by atoms with E-state index in [2.05, 4.69) is 4.98 Å². The first-order chi connectivity index (χ1) is 7.95. The highest BCUT2D eigenvalue weighted by Crippen LogP contribution is 2.29. The number of aryl methyl sites for hydroxylation is 1. The standard InChI is InChI=1S/C10H14N2O3S2/c1-5-15-9(13)7-8(11-6(2)16-7)17-10(14)12(3)4/h5H2,1-4H3. The molecule has 0 spiro atoms. The Bertz CT molecular complexity index is 429. The van der Waals surface area contributed by atoms with Crippen LogP contribution in [0.5, 0.6) is 0 Å². The predicted molar refractivity (Wildman–Crippen MR) is 67.7 cm³/mol. The molecule has 7 heteroatoms. The second kappa shape index (κ2) is 6.02. The number of esters is 1. The molecule has 5 nitrogen and oxygen atoms in total. The molecule has 0 saturated carbocycles. The summed E-state index contributed by atoms with van der Waals surface area (Å²) in [5.41, 5.74) is 0. The van der Waals surface area contributed by atoms with Crippen molar-refractivity contribution in [3.8, 4) is 0 Å². The van der Waals surface area contributed by atoms with Gasteiger partial charge in [-0.15, -0.1) is 11.3 Å². The van der Waals surface area contributed by atoms with Crippen LogP contribution in [0.3, 0.4) is 0 Å². The second-order valence-electron chi connectivity index (χ2n) is 3.35. The van der Waals surface area contributed by atoms with E-state index in [-0.39, 0.29) is 5.24 Å². The predicted octanol–water partition coefficient (Wildman–Crippen LogP) is 2.40. The highest BCUT2D eigenvalue weighted by atomic mass is 32.2. The summed E-state index contributed by atoms with van der Waals surface area (Å²) in [4.78, 5) is 29.2. The number of amides is 1. The summed E-state index contributed by atoms with van der Waals surface area (Å²) in [5, 5.41) is 0.993. The van der Waals surface area contributed by atoms with E-state index in [1.807, 2.05) is 0 Å². The summed E-state index contributed by atoms with van der Waals surface area (Å²) in [6, 6.07) is 0. The van der Waals surface area contributed by atoms with Gasteiger partial charge in [-0.25, -0.2) is 9.78 Å². The molecule has 1 aromatic rings. The lowest BCUT2D eigenvalue weighted by Crippen LogP contribution is -2.16. The highest BCUT2D eigenvalue weighted by Gasteiger charge is 2.21. The highest BCUT2D eigenvalue weighted by molar-refractivity contribution is 8.13. The molecule has 94 valence electrons. The number of carbonyl (C=O) groups is 2. The van der Waals surface area contributed by atoms with Crippen molar-refractivity contribution in [1.82, 2.24) is 9.88 Å². The van der Waals surface area contributed by atoms with Crippen LogP contribution in [0.2, 0.25) is 0 Å². The van der Waals surface area contributed by atoms with E-state index < -0.39 is 5.97 Å². The van der Waals surface area contributed by atoms with E-state index in [1.165, 1.54) is 16.2 Å². The summed E-state index contributed by atoms with van der Waals surface area (Å²) < 4.78 is 4.92. The van der Waals surface area contributed by atoms with Crippen LogP contribution in [-0.2, 0) is 4.74 Å². The fraction of sp³-hybridized carbons (Fsp3) is 0.500. The van der Waals surface area contributed by atoms with Crippen LogP contribution in [0.1, 0.15) is 21.6 Å². The Morgan fingerprint density at radius 1 is 1.47 bits per heavy atom. The first-order valence-electron chi connectivity index (χ1n) is 4.99. The first-order valence-corrected chi connectivity index (χ1v) is 6.62. The number of ether oxygens (including phenoxy) is 1. The van der Waals surface area contributed by atoms with Gasteiger partial charge >= 0.3 is 5.97 Å². The van der Waals surface area contributed by atoms with Crippen LogP contribution < -0.4 is 0 Å². The van der Waals surface area contributed by atoms with E-state index in [9.17, 15) is 9.59 Å². The van der Waals surface area contributed by atoms with Gasteiger partial charge in [-0.3, -0.25) is 4.79 Å². The second-order valence-corrected chi connectivity index (χ2v) is 5.49. The Labute approximate surface area is 108 Å². The average Bonchev–Trinajstić information content (AvgIpc) is 2.59. The van der Waals surface area contributed by atoms with Crippen LogP contribution in [0.4, 0.5) is 4.79 Å². The average molecular weight is 274 g/mol. The maximum Gasteiger partial charge on any atom is 0.351 e. The monoisotopic (exact) mass is 274 g/mol. The summed E-state index contributed by atoms with van der Waals surface area (Å²) in [6.45, 7) is 3.84. The number of carbonyl (C=O) groups excluding carboxylic acids is 2. The third-order valence-electron chi connectivity index (χ3n) is 1.71. The Balaban J connectivity index is 2.92. The molecular formula is C10H14N2O3S2. The van der Waals surface area contributed by atoms with Crippen LogP contribution in [0.15, 0.2) is 5.03 Å². The minimum atomic E-state index is -0.424. The zero-order chi connectivity index (χ0) is 13.0. The molecule has 0 N–H and O–H groups in total. The summed E-state index contributed by atoms with van der Waals surface area (Å²) >= 11 is 2.18. The zero-order valence-corrected chi connectivity index (χ0v) is 11.8. The fourth-order valence-corrected chi connectivity index (χ4v) is 2.70. The molecule has 0 bridgehead atoms. The number of rotatable bonds is 3. The van der Waals surface area contributed by atoms with Crippen molar-refractivity contribution in [3.05, 3.63) is 9.88 Å². The normalized spacial score (nSPS) is 10.1. The molecule has 0 aliphatic carbocycles. The molecular weight excluding hydrogens is 260 g/mol. The van der Waals surface area contributed by atoms with Crippen molar-refractivity contribution < 1.29 is 14.3 Å².